The van der Waals surface area contributed by atoms with Crippen LogP contribution in [0, 0.1) is 0 Å². The number of aliphatic carboxylic acids is 3. The first-order chi connectivity index (χ1) is 16.7. The molecule has 0 aromatic heterocycles. The Morgan fingerprint density at radius 2 is 1.09 bits per heavy atom. The monoisotopic (exact) mass is 504 g/mol. The molecule has 0 amide bonds. The van der Waals surface area contributed by atoms with Crippen molar-refractivity contribution >= 4 is 47.4 Å². The van der Waals surface area contributed by atoms with Gasteiger partial charge in [-0.25, -0.2) is 0 Å². The minimum Gasteiger partial charge on any atom is -0.549 e. The number of hydrogen-bond acceptors (Lipinski definition) is 12. The maximum absolute atomic E-state index is 11.3. The second-order valence-corrected chi connectivity index (χ2v) is 8.57. The second-order valence-electron chi connectivity index (χ2n) is 8.30. The van der Waals surface area contributed by atoms with Crippen molar-refractivity contribution in [1.29, 1.82) is 0 Å². The van der Waals surface area contributed by atoms with Crippen molar-refractivity contribution in [3.63, 3.8) is 0 Å². The first kappa shape index (κ1) is 28.5. The van der Waals surface area contributed by atoms with Crippen molar-refractivity contribution < 1.29 is 29.7 Å². The van der Waals surface area contributed by atoms with Gasteiger partial charge < -0.3 is 29.7 Å². The van der Waals surface area contributed by atoms with E-state index in [1.807, 2.05) is 24.3 Å². The lowest BCUT2D eigenvalue weighted by Gasteiger charge is -2.34. The lowest BCUT2D eigenvalue weighted by Crippen LogP contribution is -2.51. The van der Waals surface area contributed by atoms with E-state index < -0.39 is 17.9 Å². The quantitative estimate of drug-likeness (QED) is 0.230. The Balaban J connectivity index is 2.16. The molecule has 0 spiro atoms. The number of carboxylic acids is 3. The Morgan fingerprint density at radius 3 is 1.43 bits per heavy atom. The van der Waals surface area contributed by atoms with Gasteiger partial charge in [-0.2, -0.15) is 0 Å². The van der Waals surface area contributed by atoms with Gasteiger partial charge in [0.15, 0.2) is 0 Å². The van der Waals surface area contributed by atoms with Crippen LogP contribution in [0.1, 0.15) is 5.56 Å². The fraction of sp³-hybridized carbons (Fsp3) is 0.522. The molecular formula is C23H30N5O6S-3. The molecule has 192 valence electrons. The predicted molar refractivity (Wildman–Crippen MR) is 128 cm³/mol. The number of carbonyl (C=O) groups is 3. The van der Waals surface area contributed by atoms with Crippen molar-refractivity contribution in [2.75, 3.05) is 72.0 Å². The number of hydrogen-bond donors (Lipinski definition) is 0. The molecule has 1 aromatic rings. The van der Waals surface area contributed by atoms with Crippen LogP contribution in [-0.2, 0) is 20.9 Å². The zero-order valence-corrected chi connectivity index (χ0v) is 20.4. The summed E-state index contributed by atoms with van der Waals surface area (Å²) in [5, 5.41) is 35.1. The summed E-state index contributed by atoms with van der Waals surface area (Å²) in [5.41, 5.74) is 1.79. The summed E-state index contributed by atoms with van der Waals surface area (Å²) in [5.74, 6) is -3.66. The molecule has 0 bridgehead atoms. The third-order valence-electron chi connectivity index (χ3n) is 5.61. The van der Waals surface area contributed by atoms with E-state index in [-0.39, 0.29) is 19.6 Å². The standard InChI is InChI=1S/C23H33N5O6S/c29-21(30)16-26-8-6-25(15-19-1-3-20(4-2-19)24-5-14-35)7-9-27(17-22(31)32)11-13-28(12-10-26)18-23(33)34/h1-5,14H,6-13,15-18H2,(H,29,30)(H,31,32)(H,33,34)/p-3. The normalized spacial score (nSPS) is 18.1. The average molecular weight is 505 g/mol. The first-order valence-electron chi connectivity index (χ1n) is 11.3. The van der Waals surface area contributed by atoms with Gasteiger partial charge in [-0.15, -0.1) is 0 Å². The average Bonchev–Trinajstić information content (AvgIpc) is 2.79. The smallest absolute Gasteiger partial charge is 0.0630 e. The van der Waals surface area contributed by atoms with Crippen molar-refractivity contribution in [2.24, 2.45) is 4.99 Å². The number of carbonyl (C=O) groups excluding carboxylic acids is 3. The molecule has 1 fully saturated rings. The van der Waals surface area contributed by atoms with Gasteiger partial charge in [-0.05, 0) is 17.7 Å². The highest BCUT2D eigenvalue weighted by Gasteiger charge is 2.17. The number of rotatable bonds is 10. The Morgan fingerprint density at radius 1 is 0.714 bits per heavy atom. The van der Waals surface area contributed by atoms with Crippen LogP contribution in [0.15, 0.2) is 29.3 Å². The summed E-state index contributed by atoms with van der Waals surface area (Å²) in [6.45, 7) is 2.84. The van der Waals surface area contributed by atoms with E-state index in [4.69, 9.17) is 12.2 Å². The molecule has 0 N–H and O–H groups in total. The van der Waals surface area contributed by atoms with Crippen molar-refractivity contribution in [3.8, 4) is 0 Å². The molecule has 0 atom stereocenters. The van der Waals surface area contributed by atoms with E-state index >= 15 is 0 Å². The van der Waals surface area contributed by atoms with Crippen molar-refractivity contribution in [2.45, 2.75) is 6.54 Å². The summed E-state index contributed by atoms with van der Waals surface area (Å²) in [7, 11) is 0. The van der Waals surface area contributed by atoms with Crippen molar-refractivity contribution in [3.05, 3.63) is 29.8 Å². The highest BCUT2D eigenvalue weighted by Crippen LogP contribution is 2.14. The van der Waals surface area contributed by atoms with E-state index in [2.05, 4.69) is 9.89 Å². The fourth-order valence-corrected chi connectivity index (χ4v) is 3.88. The van der Waals surface area contributed by atoms with Gasteiger partial charge in [0.25, 0.3) is 0 Å². The topological polar surface area (TPSA) is 146 Å². The Labute approximate surface area is 210 Å². The Bertz CT molecular complexity index is 850. The molecule has 0 saturated carbocycles. The molecule has 35 heavy (non-hydrogen) atoms. The Kier molecular flexibility index (Phi) is 12.4. The zero-order chi connectivity index (χ0) is 25.6. The van der Waals surface area contributed by atoms with E-state index in [0.29, 0.717) is 58.9 Å². The summed E-state index contributed by atoms with van der Waals surface area (Å²) in [4.78, 5) is 45.0. The number of thiocarbonyl (C=S) groups is 1. The highest BCUT2D eigenvalue weighted by molar-refractivity contribution is 7.80. The number of benzene rings is 1. The lowest BCUT2D eigenvalue weighted by molar-refractivity contribution is -0.308. The van der Waals surface area contributed by atoms with Crippen LogP contribution in [0.5, 0.6) is 0 Å². The maximum atomic E-state index is 11.3. The van der Waals surface area contributed by atoms with Crippen LogP contribution < -0.4 is 15.3 Å². The van der Waals surface area contributed by atoms with Gasteiger partial charge in [0.2, 0.25) is 0 Å². The SMILES string of the molecule is O=C([O-])CN1CCN(CC(=O)[O-])CCN(Cc2ccc(N=CC=S)cc2)CCN(CC(=O)[O-])CC1. The molecule has 0 radical (unpaired) electrons. The summed E-state index contributed by atoms with van der Waals surface area (Å²) in [6.07, 6.45) is 1.53. The molecule has 1 heterocycles. The molecule has 0 unspecified atom stereocenters. The minimum absolute atomic E-state index is 0.267. The van der Waals surface area contributed by atoms with E-state index in [9.17, 15) is 29.7 Å². The maximum Gasteiger partial charge on any atom is 0.0630 e. The third kappa shape index (κ3) is 12.0. The summed E-state index contributed by atoms with van der Waals surface area (Å²) >= 11 is 4.74. The molecule has 1 aliphatic heterocycles. The molecule has 11 nitrogen and oxygen atoms in total. The van der Waals surface area contributed by atoms with Gasteiger partial charge in [-0.3, -0.25) is 24.6 Å². The molecule has 2 rings (SSSR count). The fourth-order valence-electron chi connectivity index (χ4n) is 3.82. The zero-order valence-electron chi connectivity index (χ0n) is 19.5. The van der Waals surface area contributed by atoms with Gasteiger partial charge in [-0.1, -0.05) is 24.4 Å². The van der Waals surface area contributed by atoms with Crippen LogP contribution in [-0.4, -0.2) is 121 Å². The Hall–Kier alpha value is -2.77. The first-order valence-corrected chi connectivity index (χ1v) is 11.8. The van der Waals surface area contributed by atoms with Crippen LogP contribution in [0.25, 0.3) is 0 Å². The third-order valence-corrected chi connectivity index (χ3v) is 5.74. The van der Waals surface area contributed by atoms with Crippen LogP contribution in [0.2, 0.25) is 0 Å². The molecule has 12 heteroatoms. The van der Waals surface area contributed by atoms with E-state index in [1.54, 1.807) is 14.7 Å². The van der Waals surface area contributed by atoms with Gasteiger partial charge in [0.1, 0.15) is 0 Å². The van der Waals surface area contributed by atoms with Gasteiger partial charge >= 0.3 is 0 Å². The molecule has 1 aliphatic rings. The predicted octanol–water partition coefficient (Wildman–Crippen LogP) is -3.64. The minimum atomic E-state index is -1.25. The summed E-state index contributed by atoms with van der Waals surface area (Å²) < 4.78 is 0. The van der Waals surface area contributed by atoms with Crippen LogP contribution in [0.4, 0.5) is 5.69 Å². The lowest BCUT2D eigenvalue weighted by atomic mass is 10.2. The van der Waals surface area contributed by atoms with E-state index in [1.165, 1.54) is 11.6 Å². The second kappa shape index (κ2) is 15.3. The molecule has 0 aliphatic carbocycles. The van der Waals surface area contributed by atoms with Crippen LogP contribution >= 0.6 is 12.2 Å². The van der Waals surface area contributed by atoms with E-state index in [0.717, 1.165) is 11.3 Å². The highest BCUT2D eigenvalue weighted by atomic mass is 32.1. The molecule has 1 saturated heterocycles. The largest absolute Gasteiger partial charge is 0.549 e. The number of aliphatic imine (C=N–C) groups is 1. The number of nitrogens with zero attached hydrogens (tertiary/aromatic N) is 5. The van der Waals surface area contributed by atoms with Crippen LogP contribution in [0.3, 0.4) is 0 Å². The number of carboxylic acid groups (broad SMARTS) is 3. The summed E-state index contributed by atoms with van der Waals surface area (Å²) in [6, 6.07) is 7.64. The van der Waals surface area contributed by atoms with Gasteiger partial charge in [0, 0.05) is 90.1 Å². The van der Waals surface area contributed by atoms with Crippen molar-refractivity contribution in [1.82, 2.24) is 19.6 Å². The van der Waals surface area contributed by atoms with Gasteiger partial charge in [0.05, 0.1) is 23.6 Å². The molecule has 1 aromatic carbocycles. The molecular weight excluding hydrogens is 474 g/mol.